The minimum atomic E-state index is -1.03. The van der Waals surface area contributed by atoms with Crippen LogP contribution < -0.4 is 0 Å². The van der Waals surface area contributed by atoms with Crippen molar-refractivity contribution in [3.8, 4) is 0 Å². The monoisotopic (exact) mass is 520 g/mol. The summed E-state index contributed by atoms with van der Waals surface area (Å²) in [5.74, 6) is -3.04. The highest BCUT2D eigenvalue weighted by Crippen LogP contribution is 2.11. The third-order valence-corrected chi connectivity index (χ3v) is 4.46. The molecule has 0 aliphatic carbocycles. The number of hydrogen-bond acceptors (Lipinski definition) is 11. The van der Waals surface area contributed by atoms with E-state index in [1.54, 1.807) is 13.8 Å². The van der Waals surface area contributed by atoms with Gasteiger partial charge in [-0.05, 0) is 26.7 Å². The van der Waals surface area contributed by atoms with Crippen LogP contribution >= 0.6 is 0 Å². The minimum absolute atomic E-state index is 0.145. The molecule has 4 atom stereocenters. The van der Waals surface area contributed by atoms with Crippen molar-refractivity contribution in [2.24, 2.45) is 0 Å². The first kappa shape index (κ1) is 35.1. The highest BCUT2D eigenvalue weighted by atomic mass is 16.6. The maximum Gasteiger partial charge on any atom is 0.314 e. The Hall–Kier alpha value is -3.02. The maximum absolute atomic E-state index is 11.3. The summed E-state index contributed by atoms with van der Waals surface area (Å²) in [5, 5.41) is 17.6. The predicted molar refractivity (Wildman–Crippen MR) is 125 cm³/mol. The second-order valence-electron chi connectivity index (χ2n) is 8.13. The molecule has 1 aliphatic heterocycles. The van der Waals surface area contributed by atoms with E-state index >= 15 is 0 Å². The molecule has 36 heavy (non-hydrogen) atoms. The number of rotatable bonds is 12. The topological polar surface area (TPSA) is 180 Å². The van der Waals surface area contributed by atoms with Gasteiger partial charge in [-0.2, -0.15) is 0 Å². The number of aliphatic hydroxyl groups is 1. The van der Waals surface area contributed by atoms with Crippen molar-refractivity contribution < 1.29 is 57.9 Å². The molecule has 4 unspecified atom stereocenters. The average Bonchev–Trinajstić information content (AvgIpc) is 3.13. The van der Waals surface area contributed by atoms with Crippen molar-refractivity contribution in [3.05, 3.63) is 0 Å². The molecule has 12 nitrogen and oxygen atoms in total. The van der Waals surface area contributed by atoms with E-state index < -0.39 is 23.9 Å². The van der Waals surface area contributed by atoms with Gasteiger partial charge in [-0.15, -0.1) is 0 Å². The molecule has 0 bridgehead atoms. The smallest absolute Gasteiger partial charge is 0.314 e. The Kier molecular flexibility index (Phi) is 19.7. The lowest BCUT2D eigenvalue weighted by Crippen LogP contribution is -2.24. The number of esters is 5. The molecule has 0 aromatic carbocycles. The lowest BCUT2D eigenvalue weighted by molar-refractivity contribution is -0.156. The summed E-state index contributed by atoms with van der Waals surface area (Å²) in [6.07, 6.45) is 1.13. The normalized spacial score (nSPS) is 15.4. The van der Waals surface area contributed by atoms with Gasteiger partial charge in [0.15, 0.2) is 0 Å². The zero-order chi connectivity index (χ0) is 28.3. The molecule has 1 rings (SSSR count). The van der Waals surface area contributed by atoms with Gasteiger partial charge >= 0.3 is 35.8 Å². The average molecular weight is 521 g/mol. The Morgan fingerprint density at radius 2 is 1.31 bits per heavy atom. The molecular formula is C24H40O12. The van der Waals surface area contributed by atoms with Gasteiger partial charge in [-0.1, -0.05) is 13.8 Å². The van der Waals surface area contributed by atoms with Gasteiger partial charge < -0.3 is 29.2 Å². The van der Waals surface area contributed by atoms with Crippen LogP contribution in [0.15, 0.2) is 0 Å². The quantitative estimate of drug-likeness (QED) is 0.218. The van der Waals surface area contributed by atoms with Crippen LogP contribution in [0.1, 0.15) is 92.9 Å². The SMILES string of the molecule is CCC(CC(C)OC(C)=O)OC(=O)CCC(=O)O.CCC(O)CC(C)OC(C)=O.O=C1CCC(=O)O1. The largest absolute Gasteiger partial charge is 0.481 e. The van der Waals surface area contributed by atoms with Crippen LogP contribution in [0.2, 0.25) is 0 Å². The summed E-state index contributed by atoms with van der Waals surface area (Å²) in [5.41, 5.74) is 0. The highest BCUT2D eigenvalue weighted by molar-refractivity contribution is 5.92. The molecule has 208 valence electrons. The molecule has 0 aromatic heterocycles. The fourth-order valence-electron chi connectivity index (χ4n) is 2.77. The highest BCUT2D eigenvalue weighted by Gasteiger charge is 2.19. The molecule has 0 saturated carbocycles. The molecule has 0 aromatic rings. The second-order valence-corrected chi connectivity index (χ2v) is 8.13. The fourth-order valence-corrected chi connectivity index (χ4v) is 2.77. The summed E-state index contributed by atoms with van der Waals surface area (Å²) < 4.78 is 19.0. The van der Waals surface area contributed by atoms with Crippen molar-refractivity contribution in [2.45, 2.75) is 117 Å². The van der Waals surface area contributed by atoms with Crippen LogP contribution in [0.5, 0.6) is 0 Å². The summed E-state index contributed by atoms with van der Waals surface area (Å²) in [7, 11) is 0. The van der Waals surface area contributed by atoms with Gasteiger partial charge in [0, 0.05) is 26.7 Å². The number of hydrogen-bond donors (Lipinski definition) is 2. The van der Waals surface area contributed by atoms with E-state index in [2.05, 4.69) is 4.74 Å². The molecule has 2 N–H and O–H groups in total. The minimum Gasteiger partial charge on any atom is -0.481 e. The third-order valence-electron chi connectivity index (χ3n) is 4.46. The number of cyclic esters (lactones) is 2. The van der Waals surface area contributed by atoms with Gasteiger partial charge in [0.05, 0.1) is 31.8 Å². The molecule has 1 heterocycles. The molecular weight excluding hydrogens is 480 g/mol. The number of aliphatic carboxylic acids is 1. The zero-order valence-corrected chi connectivity index (χ0v) is 21.9. The molecule has 0 spiro atoms. The van der Waals surface area contributed by atoms with Crippen LogP contribution in [-0.2, 0) is 47.7 Å². The lowest BCUT2D eigenvalue weighted by Gasteiger charge is -2.20. The molecule has 0 amide bonds. The zero-order valence-electron chi connectivity index (χ0n) is 21.9. The van der Waals surface area contributed by atoms with Gasteiger partial charge in [0.25, 0.3) is 0 Å². The summed E-state index contributed by atoms with van der Waals surface area (Å²) in [4.78, 5) is 62.8. The van der Waals surface area contributed by atoms with Crippen molar-refractivity contribution in [1.29, 1.82) is 0 Å². The molecule has 1 saturated heterocycles. The Labute approximate surface area is 211 Å². The van der Waals surface area contributed by atoms with Gasteiger partial charge in [-0.25, -0.2) is 0 Å². The van der Waals surface area contributed by atoms with Crippen molar-refractivity contribution >= 4 is 35.8 Å². The van der Waals surface area contributed by atoms with E-state index in [0.29, 0.717) is 25.7 Å². The molecule has 1 fully saturated rings. The van der Waals surface area contributed by atoms with Crippen LogP contribution in [-0.4, -0.2) is 70.4 Å². The number of carboxylic acid groups (broad SMARTS) is 1. The Morgan fingerprint density at radius 1 is 0.833 bits per heavy atom. The van der Waals surface area contributed by atoms with E-state index in [1.807, 2.05) is 13.8 Å². The lowest BCUT2D eigenvalue weighted by atomic mass is 10.1. The van der Waals surface area contributed by atoms with E-state index in [-0.39, 0.29) is 62.0 Å². The van der Waals surface area contributed by atoms with Gasteiger partial charge in [0.2, 0.25) is 0 Å². The Bertz CT molecular complexity index is 704. The first-order valence-corrected chi connectivity index (χ1v) is 11.9. The maximum atomic E-state index is 11.3. The number of carbonyl (C=O) groups excluding carboxylic acids is 5. The summed E-state index contributed by atoms with van der Waals surface area (Å²) in [6, 6.07) is 0. The Balaban J connectivity index is 0. The number of carbonyl (C=O) groups is 6. The third kappa shape index (κ3) is 22.8. The molecule has 1 aliphatic rings. The van der Waals surface area contributed by atoms with Gasteiger partial charge in [0.1, 0.15) is 18.3 Å². The van der Waals surface area contributed by atoms with Crippen molar-refractivity contribution in [1.82, 2.24) is 0 Å². The summed E-state index contributed by atoms with van der Waals surface area (Å²) in [6.45, 7) is 9.92. The van der Waals surface area contributed by atoms with Crippen LogP contribution in [0.4, 0.5) is 0 Å². The molecule has 0 radical (unpaired) electrons. The van der Waals surface area contributed by atoms with Crippen molar-refractivity contribution in [2.75, 3.05) is 0 Å². The first-order valence-electron chi connectivity index (χ1n) is 11.9. The number of aliphatic hydroxyl groups excluding tert-OH is 1. The Morgan fingerprint density at radius 3 is 1.64 bits per heavy atom. The number of ether oxygens (including phenoxy) is 4. The van der Waals surface area contributed by atoms with Crippen LogP contribution in [0.25, 0.3) is 0 Å². The van der Waals surface area contributed by atoms with Crippen LogP contribution in [0, 0.1) is 0 Å². The fraction of sp³-hybridized carbons (Fsp3) is 0.750. The van der Waals surface area contributed by atoms with Gasteiger partial charge in [-0.3, -0.25) is 28.8 Å². The van der Waals surface area contributed by atoms with E-state index in [0.717, 1.165) is 0 Å². The van der Waals surface area contributed by atoms with Crippen molar-refractivity contribution in [3.63, 3.8) is 0 Å². The standard InChI is InChI=1S/C12H20O6.C8H16O3.C4H4O3/c1-4-10(7-8(2)17-9(3)13)18-12(16)6-5-11(14)15;1-4-8(10)5-6(2)11-7(3)9;5-3-1-2-4(6)7-3/h8,10H,4-7H2,1-3H3,(H,14,15);6,8,10H,4-5H2,1-3H3;1-2H2. The van der Waals surface area contributed by atoms with E-state index in [9.17, 15) is 28.8 Å². The predicted octanol–water partition coefficient (Wildman–Crippen LogP) is 2.46. The van der Waals surface area contributed by atoms with Crippen LogP contribution in [0.3, 0.4) is 0 Å². The summed E-state index contributed by atoms with van der Waals surface area (Å²) >= 11 is 0. The van der Waals surface area contributed by atoms with E-state index in [1.165, 1.54) is 13.8 Å². The number of carboxylic acids is 1. The first-order chi connectivity index (χ1) is 16.7. The van der Waals surface area contributed by atoms with E-state index in [4.69, 9.17) is 24.4 Å². The second kappa shape index (κ2) is 20.2. The molecule has 12 heteroatoms.